The molecular weight excluding hydrogens is 351 g/mol. The van der Waals surface area contributed by atoms with Gasteiger partial charge >= 0.3 is 0 Å². The molecule has 0 radical (unpaired) electrons. The van der Waals surface area contributed by atoms with Gasteiger partial charge < -0.3 is 4.74 Å². The van der Waals surface area contributed by atoms with Gasteiger partial charge in [0.05, 0.1) is 17.3 Å². The Labute approximate surface area is 155 Å². The van der Waals surface area contributed by atoms with Crippen LogP contribution in [0.1, 0.15) is 23.6 Å². The van der Waals surface area contributed by atoms with Crippen molar-refractivity contribution in [1.82, 2.24) is 4.98 Å². The molecule has 4 rings (SSSR count). The predicted molar refractivity (Wildman–Crippen MR) is 98.8 cm³/mol. The first kappa shape index (κ1) is 16.6. The third-order valence-corrected chi connectivity index (χ3v) is 4.81. The Morgan fingerprint density at radius 3 is 2.65 bits per heavy atom. The van der Waals surface area contributed by atoms with Gasteiger partial charge in [-0.05, 0) is 41.8 Å². The molecule has 1 aliphatic rings. The minimum absolute atomic E-state index is 0.279. The number of aromatic nitrogens is 1. The number of rotatable bonds is 3. The second-order valence-corrected chi connectivity index (χ2v) is 6.40. The molecule has 3 nitrogen and oxygen atoms in total. The van der Waals surface area contributed by atoms with E-state index in [4.69, 9.17) is 16.3 Å². The van der Waals surface area contributed by atoms with Crippen molar-refractivity contribution < 1.29 is 9.13 Å². The fourth-order valence-corrected chi connectivity index (χ4v) is 3.72. The normalized spacial score (nSPS) is 11.6. The number of nitriles is 1. The molecule has 2 aromatic carbocycles. The first-order valence-corrected chi connectivity index (χ1v) is 8.65. The van der Waals surface area contributed by atoms with Crippen LogP contribution in [0.15, 0.2) is 42.5 Å². The van der Waals surface area contributed by atoms with Gasteiger partial charge in [-0.3, -0.25) is 0 Å². The van der Waals surface area contributed by atoms with E-state index in [1.54, 1.807) is 12.1 Å². The largest absolute Gasteiger partial charge is 0.477 e. The molecule has 1 aromatic heterocycles. The van der Waals surface area contributed by atoms with Crippen LogP contribution in [0.4, 0.5) is 4.39 Å². The van der Waals surface area contributed by atoms with Gasteiger partial charge in [0, 0.05) is 17.5 Å². The Morgan fingerprint density at radius 1 is 1.19 bits per heavy atom. The summed E-state index contributed by atoms with van der Waals surface area (Å²) in [5, 5.41) is 10.4. The van der Waals surface area contributed by atoms with Crippen LogP contribution in [0.3, 0.4) is 0 Å². The van der Waals surface area contributed by atoms with Gasteiger partial charge in [0.2, 0.25) is 5.88 Å². The van der Waals surface area contributed by atoms with E-state index in [-0.39, 0.29) is 11.7 Å². The molecule has 0 bridgehead atoms. The summed E-state index contributed by atoms with van der Waals surface area (Å²) in [5.74, 6) is -0.0461. The smallest absolute Gasteiger partial charge is 0.232 e. The molecule has 0 saturated heterocycles. The summed E-state index contributed by atoms with van der Waals surface area (Å²) in [5.41, 5.74) is 5.42. The lowest BCUT2D eigenvalue weighted by atomic mass is 9.94. The second-order valence-electron chi connectivity index (χ2n) is 6.00. The maximum atomic E-state index is 13.4. The maximum absolute atomic E-state index is 13.4. The fraction of sp³-hybridized carbons (Fsp3) is 0.143. The first-order chi connectivity index (χ1) is 12.6. The molecule has 26 heavy (non-hydrogen) atoms. The quantitative estimate of drug-likeness (QED) is 0.490. The fourth-order valence-electron chi connectivity index (χ4n) is 3.43. The van der Waals surface area contributed by atoms with Gasteiger partial charge in [-0.25, -0.2) is 9.37 Å². The maximum Gasteiger partial charge on any atom is 0.232 e. The minimum Gasteiger partial charge on any atom is -0.477 e. The van der Waals surface area contributed by atoms with E-state index >= 15 is 0 Å². The van der Waals surface area contributed by atoms with Crippen molar-refractivity contribution in [3.05, 3.63) is 70.0 Å². The molecule has 0 unspecified atom stereocenters. The van der Waals surface area contributed by atoms with Crippen molar-refractivity contribution >= 4 is 11.6 Å². The number of hydrogen-bond donors (Lipinski definition) is 0. The zero-order chi connectivity index (χ0) is 18.3. The zero-order valence-corrected chi connectivity index (χ0v) is 14.8. The Balaban J connectivity index is 2.06. The number of ether oxygens (including phenoxy) is 1. The molecule has 0 saturated carbocycles. The molecule has 5 heteroatoms. The second kappa shape index (κ2) is 6.44. The Hall–Kier alpha value is -2.90. The van der Waals surface area contributed by atoms with Crippen LogP contribution in [0.5, 0.6) is 5.88 Å². The van der Waals surface area contributed by atoms with Gasteiger partial charge in [-0.2, -0.15) is 5.26 Å². The predicted octanol–water partition coefficient (Wildman–Crippen LogP) is 5.38. The molecular formula is C21H14ClFN2O. The molecule has 3 aromatic rings. The van der Waals surface area contributed by atoms with E-state index in [0.717, 1.165) is 33.5 Å². The van der Waals surface area contributed by atoms with Crippen molar-refractivity contribution in [2.45, 2.75) is 13.3 Å². The van der Waals surface area contributed by atoms with Crippen LogP contribution in [0.2, 0.25) is 5.02 Å². The highest BCUT2D eigenvalue weighted by molar-refractivity contribution is 6.33. The van der Waals surface area contributed by atoms with Gasteiger partial charge in [0.1, 0.15) is 17.4 Å². The van der Waals surface area contributed by atoms with Crippen molar-refractivity contribution in [3.63, 3.8) is 0 Å². The lowest BCUT2D eigenvalue weighted by molar-refractivity contribution is 0.326. The van der Waals surface area contributed by atoms with E-state index in [2.05, 4.69) is 11.1 Å². The molecule has 1 aliphatic carbocycles. The number of fused-ring (bicyclic) bond motifs is 3. The highest BCUT2D eigenvalue weighted by Gasteiger charge is 2.30. The van der Waals surface area contributed by atoms with Gasteiger partial charge in [-0.1, -0.05) is 35.9 Å². The molecule has 0 atom stereocenters. The molecule has 0 aliphatic heterocycles. The van der Waals surface area contributed by atoms with Gasteiger partial charge in [-0.15, -0.1) is 0 Å². The summed E-state index contributed by atoms with van der Waals surface area (Å²) < 4.78 is 19.1. The van der Waals surface area contributed by atoms with Crippen molar-refractivity contribution in [2.24, 2.45) is 0 Å². The summed E-state index contributed by atoms with van der Waals surface area (Å²) in [6.07, 6.45) is 0.617. The minimum atomic E-state index is -0.325. The van der Waals surface area contributed by atoms with Crippen LogP contribution in [0.25, 0.3) is 22.4 Å². The highest BCUT2D eigenvalue weighted by atomic mass is 35.5. The third kappa shape index (κ3) is 2.53. The highest BCUT2D eigenvalue weighted by Crippen LogP contribution is 2.46. The zero-order valence-electron chi connectivity index (χ0n) is 14.0. The number of nitrogens with zero attached hydrogens (tertiary/aromatic N) is 2. The number of benzene rings is 2. The van der Waals surface area contributed by atoms with Crippen LogP contribution in [0, 0.1) is 17.1 Å². The van der Waals surface area contributed by atoms with Crippen LogP contribution in [-0.4, -0.2) is 11.6 Å². The molecule has 0 fully saturated rings. The summed E-state index contributed by atoms with van der Waals surface area (Å²) in [6, 6.07) is 14.1. The van der Waals surface area contributed by atoms with E-state index in [1.807, 2.05) is 25.1 Å². The van der Waals surface area contributed by atoms with Gasteiger partial charge in [0.15, 0.2) is 0 Å². The summed E-state index contributed by atoms with van der Waals surface area (Å²) >= 11 is 6.42. The van der Waals surface area contributed by atoms with Crippen LogP contribution < -0.4 is 4.74 Å². The monoisotopic (exact) mass is 364 g/mol. The topological polar surface area (TPSA) is 45.9 Å². The van der Waals surface area contributed by atoms with Crippen molar-refractivity contribution in [2.75, 3.05) is 6.61 Å². The summed E-state index contributed by atoms with van der Waals surface area (Å²) in [6.45, 7) is 2.23. The lowest BCUT2D eigenvalue weighted by Crippen LogP contribution is -2.03. The Bertz CT molecular complexity index is 1060. The number of halogens is 2. The summed E-state index contributed by atoms with van der Waals surface area (Å²) in [7, 11) is 0. The molecule has 0 N–H and O–H groups in total. The molecule has 1 heterocycles. The van der Waals surface area contributed by atoms with E-state index in [1.165, 1.54) is 12.1 Å². The average Bonchev–Trinajstić information content (AvgIpc) is 3.01. The first-order valence-electron chi connectivity index (χ1n) is 8.27. The molecule has 0 spiro atoms. The van der Waals surface area contributed by atoms with Crippen molar-refractivity contribution in [1.29, 1.82) is 5.26 Å². The standard InChI is InChI=1S/C21H14ClFN2O/c1-2-26-21-16(11-24)18(12-6-8-14(23)9-7-12)15-10-13-4-3-5-17(22)19(13)20(15)25-21/h3-9H,2,10H2,1H3. The number of pyridine rings is 1. The van der Waals surface area contributed by atoms with Gasteiger partial charge in [0.25, 0.3) is 0 Å². The van der Waals surface area contributed by atoms with E-state index in [9.17, 15) is 9.65 Å². The number of hydrogen-bond acceptors (Lipinski definition) is 3. The van der Waals surface area contributed by atoms with Crippen molar-refractivity contribution in [3.8, 4) is 34.3 Å². The lowest BCUT2D eigenvalue weighted by Gasteiger charge is -2.15. The SMILES string of the molecule is CCOc1nc2c(c(-c3ccc(F)cc3)c1C#N)Cc1cccc(Cl)c1-2. The van der Waals surface area contributed by atoms with E-state index in [0.29, 0.717) is 23.6 Å². The summed E-state index contributed by atoms with van der Waals surface area (Å²) in [4.78, 5) is 4.62. The van der Waals surface area contributed by atoms with Crippen LogP contribution >= 0.6 is 11.6 Å². The third-order valence-electron chi connectivity index (χ3n) is 4.49. The Morgan fingerprint density at radius 2 is 1.96 bits per heavy atom. The van der Waals surface area contributed by atoms with Crippen LogP contribution in [-0.2, 0) is 6.42 Å². The average molecular weight is 365 g/mol. The Kier molecular flexibility index (Phi) is 4.10. The molecule has 128 valence electrons. The van der Waals surface area contributed by atoms with E-state index < -0.39 is 0 Å². The molecule has 0 amide bonds.